The maximum Gasteiger partial charge on any atom is 0.411 e. The number of amides is 3. The van der Waals surface area contributed by atoms with Gasteiger partial charge in [0.25, 0.3) is 11.8 Å². The van der Waals surface area contributed by atoms with E-state index in [1.165, 1.54) is 11.1 Å². The number of benzene rings is 1. The molecule has 1 aromatic carbocycles. The SMILES string of the molecule is CC(Cl)OC(=O)N1CCC(NC(=O)c2n[nH]cc2NC(=O)c2c(Cl)cccc2Cl)CC1. The van der Waals surface area contributed by atoms with E-state index in [-0.39, 0.29) is 33.0 Å². The van der Waals surface area contributed by atoms with Gasteiger partial charge >= 0.3 is 6.09 Å². The number of carbonyl (C=O) groups is 3. The van der Waals surface area contributed by atoms with Gasteiger partial charge in [0.15, 0.2) is 11.3 Å². The maximum atomic E-state index is 12.7. The molecular formula is C19H20Cl3N5O4. The minimum atomic E-state index is -0.709. The first-order valence-corrected chi connectivity index (χ1v) is 10.6. The van der Waals surface area contributed by atoms with E-state index in [9.17, 15) is 14.4 Å². The van der Waals surface area contributed by atoms with Crippen molar-refractivity contribution in [2.24, 2.45) is 0 Å². The maximum absolute atomic E-state index is 12.7. The molecule has 3 N–H and O–H groups in total. The molecule has 3 rings (SSSR count). The van der Waals surface area contributed by atoms with Crippen LogP contribution >= 0.6 is 34.8 Å². The number of nitrogens with one attached hydrogen (secondary N) is 3. The summed E-state index contributed by atoms with van der Waals surface area (Å²) >= 11 is 17.8. The van der Waals surface area contributed by atoms with Crippen molar-refractivity contribution in [3.05, 3.63) is 45.7 Å². The number of hydrogen-bond donors (Lipinski definition) is 3. The third kappa shape index (κ3) is 5.81. The highest BCUT2D eigenvalue weighted by molar-refractivity contribution is 6.40. The smallest absolute Gasteiger partial charge is 0.411 e. The molecule has 0 saturated carbocycles. The molecule has 0 aliphatic carbocycles. The molecule has 1 saturated heterocycles. The number of hydrogen-bond acceptors (Lipinski definition) is 5. The molecule has 1 aliphatic rings. The second-order valence-electron chi connectivity index (χ2n) is 6.86. The Labute approximate surface area is 193 Å². The van der Waals surface area contributed by atoms with Crippen LogP contribution in [0.5, 0.6) is 0 Å². The molecule has 0 spiro atoms. The van der Waals surface area contributed by atoms with Crippen molar-refractivity contribution in [3.63, 3.8) is 0 Å². The van der Waals surface area contributed by atoms with Crippen LogP contribution in [0, 0.1) is 0 Å². The summed E-state index contributed by atoms with van der Waals surface area (Å²) in [6.07, 6.45) is 1.99. The lowest BCUT2D eigenvalue weighted by Gasteiger charge is -2.31. The first-order valence-electron chi connectivity index (χ1n) is 9.46. The summed E-state index contributed by atoms with van der Waals surface area (Å²) in [6.45, 7) is 2.40. The fourth-order valence-corrected chi connectivity index (χ4v) is 3.78. The largest absolute Gasteiger partial charge is 0.430 e. The van der Waals surface area contributed by atoms with Crippen LogP contribution in [0.15, 0.2) is 24.4 Å². The Morgan fingerprint density at radius 1 is 1.19 bits per heavy atom. The lowest BCUT2D eigenvalue weighted by molar-refractivity contribution is 0.0806. The third-order valence-electron chi connectivity index (χ3n) is 4.65. The van der Waals surface area contributed by atoms with Gasteiger partial charge in [-0.3, -0.25) is 14.7 Å². The number of carbonyl (C=O) groups excluding carboxylic acids is 3. The number of halogens is 3. The number of rotatable bonds is 5. The Morgan fingerprint density at radius 2 is 1.84 bits per heavy atom. The van der Waals surface area contributed by atoms with Crippen LogP contribution in [0.2, 0.25) is 10.0 Å². The quantitative estimate of drug-likeness (QED) is 0.552. The number of H-pyrrole nitrogens is 1. The van der Waals surface area contributed by atoms with Gasteiger partial charge in [-0.05, 0) is 31.9 Å². The molecule has 1 fully saturated rings. The minimum Gasteiger partial charge on any atom is -0.430 e. The first-order chi connectivity index (χ1) is 14.8. The molecule has 1 aliphatic heterocycles. The highest BCUT2D eigenvalue weighted by atomic mass is 35.5. The number of aromatic amines is 1. The number of aromatic nitrogens is 2. The number of anilines is 1. The van der Waals surface area contributed by atoms with E-state index in [1.807, 2.05) is 0 Å². The molecule has 31 heavy (non-hydrogen) atoms. The summed E-state index contributed by atoms with van der Waals surface area (Å²) in [5, 5.41) is 12.3. The van der Waals surface area contributed by atoms with E-state index in [4.69, 9.17) is 39.5 Å². The minimum absolute atomic E-state index is 0.0225. The van der Waals surface area contributed by atoms with Crippen LogP contribution in [-0.2, 0) is 4.74 Å². The predicted molar refractivity (Wildman–Crippen MR) is 117 cm³/mol. The van der Waals surface area contributed by atoms with Gasteiger partial charge in [-0.15, -0.1) is 0 Å². The highest BCUT2D eigenvalue weighted by Crippen LogP contribution is 2.26. The van der Waals surface area contributed by atoms with Crippen LogP contribution in [-0.4, -0.2) is 57.7 Å². The highest BCUT2D eigenvalue weighted by Gasteiger charge is 2.27. The van der Waals surface area contributed by atoms with Gasteiger partial charge in [0, 0.05) is 25.3 Å². The molecular weight excluding hydrogens is 469 g/mol. The zero-order chi connectivity index (χ0) is 22.5. The van der Waals surface area contributed by atoms with Crippen molar-refractivity contribution in [2.75, 3.05) is 18.4 Å². The Hall–Kier alpha value is -2.49. The van der Waals surface area contributed by atoms with Gasteiger partial charge in [0.1, 0.15) is 0 Å². The van der Waals surface area contributed by atoms with Crippen molar-refractivity contribution >= 4 is 58.4 Å². The fourth-order valence-electron chi connectivity index (χ4n) is 3.13. The molecule has 166 valence electrons. The Kier molecular flexibility index (Phi) is 7.64. The number of nitrogens with zero attached hydrogens (tertiary/aromatic N) is 2. The number of piperidine rings is 1. The van der Waals surface area contributed by atoms with Crippen molar-refractivity contribution in [1.82, 2.24) is 20.4 Å². The van der Waals surface area contributed by atoms with Gasteiger partial charge in [-0.1, -0.05) is 40.9 Å². The lowest BCUT2D eigenvalue weighted by atomic mass is 10.1. The van der Waals surface area contributed by atoms with E-state index in [1.54, 1.807) is 25.1 Å². The van der Waals surface area contributed by atoms with E-state index in [0.29, 0.717) is 25.9 Å². The molecule has 1 unspecified atom stereocenters. The molecule has 1 atom stereocenters. The summed E-state index contributed by atoms with van der Waals surface area (Å²) in [7, 11) is 0. The van der Waals surface area contributed by atoms with Gasteiger partial charge in [-0.2, -0.15) is 5.10 Å². The van der Waals surface area contributed by atoms with E-state index < -0.39 is 23.5 Å². The Morgan fingerprint density at radius 3 is 2.45 bits per heavy atom. The molecule has 12 heteroatoms. The van der Waals surface area contributed by atoms with Crippen molar-refractivity contribution in [1.29, 1.82) is 0 Å². The molecule has 0 bridgehead atoms. The topological polar surface area (TPSA) is 116 Å². The number of likely N-dealkylation sites (tertiary alicyclic amines) is 1. The van der Waals surface area contributed by atoms with Gasteiger partial charge in [0.05, 0.1) is 21.3 Å². The summed E-state index contributed by atoms with van der Waals surface area (Å²) in [5.74, 6) is -1.02. The standard InChI is InChI=1S/C19H20Cl3N5O4/c1-10(20)31-19(30)27-7-5-11(6-8-27)24-18(29)16-14(9-23-26-16)25-17(28)15-12(21)3-2-4-13(15)22/h2-4,9-11H,5-8H2,1H3,(H,23,26)(H,24,29)(H,25,28). The first kappa shape index (κ1) is 23.2. The monoisotopic (exact) mass is 487 g/mol. The molecule has 2 heterocycles. The average molecular weight is 489 g/mol. The molecule has 9 nitrogen and oxygen atoms in total. The van der Waals surface area contributed by atoms with Gasteiger partial charge in [0.2, 0.25) is 0 Å². The van der Waals surface area contributed by atoms with E-state index in [2.05, 4.69) is 20.8 Å². The van der Waals surface area contributed by atoms with Crippen LogP contribution < -0.4 is 10.6 Å². The summed E-state index contributed by atoms with van der Waals surface area (Å²) < 4.78 is 4.96. The number of alkyl halides is 1. The second kappa shape index (κ2) is 10.2. The summed E-state index contributed by atoms with van der Waals surface area (Å²) in [6, 6.07) is 4.55. The van der Waals surface area contributed by atoms with Crippen molar-refractivity contribution in [2.45, 2.75) is 31.4 Å². The van der Waals surface area contributed by atoms with E-state index in [0.717, 1.165) is 0 Å². The third-order valence-corrected chi connectivity index (χ3v) is 5.36. The molecule has 1 aromatic heterocycles. The normalized spacial score (nSPS) is 15.3. The zero-order valence-corrected chi connectivity index (χ0v) is 18.7. The molecule has 3 amide bonds. The summed E-state index contributed by atoms with van der Waals surface area (Å²) in [4.78, 5) is 38.7. The van der Waals surface area contributed by atoms with Crippen molar-refractivity contribution in [3.8, 4) is 0 Å². The van der Waals surface area contributed by atoms with Gasteiger partial charge < -0.3 is 20.3 Å². The van der Waals surface area contributed by atoms with E-state index >= 15 is 0 Å². The second-order valence-corrected chi connectivity index (χ2v) is 8.29. The zero-order valence-electron chi connectivity index (χ0n) is 16.5. The van der Waals surface area contributed by atoms with Crippen LogP contribution in [0.25, 0.3) is 0 Å². The Balaban J connectivity index is 1.59. The average Bonchev–Trinajstić information content (AvgIpc) is 3.16. The van der Waals surface area contributed by atoms with Crippen LogP contribution in [0.3, 0.4) is 0 Å². The van der Waals surface area contributed by atoms with Crippen LogP contribution in [0.4, 0.5) is 10.5 Å². The summed E-state index contributed by atoms with van der Waals surface area (Å²) in [5.41, 5.74) is -0.396. The van der Waals surface area contributed by atoms with Gasteiger partial charge in [-0.25, -0.2) is 4.79 Å². The predicted octanol–water partition coefficient (Wildman–Crippen LogP) is 3.88. The lowest BCUT2D eigenvalue weighted by Crippen LogP contribution is -2.47. The van der Waals surface area contributed by atoms with Crippen LogP contribution in [0.1, 0.15) is 40.6 Å². The Bertz CT molecular complexity index is 953. The molecule has 2 aromatic rings. The molecule has 0 radical (unpaired) electrons. The van der Waals surface area contributed by atoms with Crippen molar-refractivity contribution < 1.29 is 19.1 Å². The fraction of sp³-hybridized carbons (Fsp3) is 0.368. The number of ether oxygens (including phenoxy) is 1.